The van der Waals surface area contributed by atoms with Crippen molar-refractivity contribution in [2.24, 2.45) is 5.41 Å². The largest absolute Gasteiger partial charge is 0.457 e. The molecular formula is C8H14O3. The molecular weight excluding hydrogens is 144 g/mol. The van der Waals surface area contributed by atoms with Crippen molar-refractivity contribution in [3.05, 3.63) is 0 Å². The van der Waals surface area contributed by atoms with Crippen molar-refractivity contribution in [2.75, 3.05) is 0 Å². The Balaban J connectivity index is 3.97. The summed E-state index contributed by atoms with van der Waals surface area (Å²) in [5.41, 5.74) is -0.112. The molecule has 64 valence electrons. The zero-order valence-corrected chi connectivity index (χ0v) is 7.38. The molecule has 0 saturated carbocycles. The van der Waals surface area contributed by atoms with E-state index in [2.05, 4.69) is 0 Å². The fourth-order valence-corrected chi connectivity index (χ4v) is 0.379. The summed E-state index contributed by atoms with van der Waals surface area (Å²) in [5, 5.41) is 0. The number of aldehydes is 1. The lowest BCUT2D eigenvalue weighted by Gasteiger charge is -2.25. The van der Waals surface area contributed by atoms with Crippen molar-refractivity contribution in [1.29, 1.82) is 0 Å². The molecule has 0 rings (SSSR count). The van der Waals surface area contributed by atoms with Crippen LogP contribution < -0.4 is 0 Å². The number of rotatable bonds is 2. The first kappa shape index (κ1) is 10.1. The molecule has 1 unspecified atom stereocenters. The number of hydrogen-bond acceptors (Lipinski definition) is 3. The molecule has 0 heterocycles. The molecule has 0 spiro atoms. The molecule has 0 aliphatic heterocycles. The minimum atomic E-state index is -0.799. The Morgan fingerprint density at radius 2 is 1.91 bits per heavy atom. The van der Waals surface area contributed by atoms with Crippen LogP contribution in [0.25, 0.3) is 0 Å². The van der Waals surface area contributed by atoms with Crippen LogP contribution >= 0.6 is 0 Å². The third-order valence-electron chi connectivity index (χ3n) is 1.61. The normalized spacial score (nSPS) is 13.8. The van der Waals surface area contributed by atoms with E-state index < -0.39 is 5.97 Å². The van der Waals surface area contributed by atoms with E-state index in [-0.39, 0.29) is 17.8 Å². The van der Waals surface area contributed by atoms with Crippen LogP contribution in [0, 0.1) is 5.41 Å². The lowest BCUT2D eigenvalue weighted by molar-refractivity contribution is -0.156. The van der Waals surface area contributed by atoms with Crippen molar-refractivity contribution in [2.45, 2.75) is 33.8 Å². The van der Waals surface area contributed by atoms with Gasteiger partial charge in [-0.3, -0.25) is 4.79 Å². The van der Waals surface area contributed by atoms with E-state index in [9.17, 15) is 9.59 Å². The number of ether oxygens (including phenoxy) is 1. The predicted octanol–water partition coefficient (Wildman–Crippen LogP) is 1.16. The van der Waals surface area contributed by atoms with Crippen molar-refractivity contribution in [1.82, 2.24) is 0 Å². The van der Waals surface area contributed by atoms with Crippen LogP contribution in [0.2, 0.25) is 0 Å². The molecule has 0 amide bonds. The molecule has 3 nitrogen and oxygen atoms in total. The lowest BCUT2D eigenvalue weighted by Crippen LogP contribution is -2.28. The summed E-state index contributed by atoms with van der Waals surface area (Å²) in [5.74, 6) is -0.799. The molecule has 0 aromatic heterocycles. The Labute approximate surface area is 66.7 Å². The SMILES string of the molecule is CC(OC(=O)C=O)C(C)(C)C. The van der Waals surface area contributed by atoms with E-state index >= 15 is 0 Å². The maximum Gasteiger partial charge on any atom is 0.371 e. The van der Waals surface area contributed by atoms with Gasteiger partial charge in [0.2, 0.25) is 6.29 Å². The van der Waals surface area contributed by atoms with Gasteiger partial charge in [-0.15, -0.1) is 0 Å². The summed E-state index contributed by atoms with van der Waals surface area (Å²) in [7, 11) is 0. The van der Waals surface area contributed by atoms with E-state index in [1.807, 2.05) is 20.8 Å². The molecule has 11 heavy (non-hydrogen) atoms. The molecule has 0 radical (unpaired) electrons. The van der Waals surface area contributed by atoms with E-state index in [0.717, 1.165) is 0 Å². The third-order valence-corrected chi connectivity index (χ3v) is 1.61. The highest BCUT2D eigenvalue weighted by molar-refractivity contribution is 6.20. The van der Waals surface area contributed by atoms with Crippen LogP contribution in [0.4, 0.5) is 0 Å². The first-order chi connectivity index (χ1) is 4.88. The molecule has 3 heteroatoms. The highest BCUT2D eigenvalue weighted by Gasteiger charge is 2.23. The highest BCUT2D eigenvalue weighted by atomic mass is 16.5. The van der Waals surface area contributed by atoms with Crippen LogP contribution in [0.15, 0.2) is 0 Å². The summed E-state index contributed by atoms with van der Waals surface area (Å²) in [6, 6.07) is 0. The second kappa shape index (κ2) is 3.51. The smallest absolute Gasteiger partial charge is 0.371 e. The average molecular weight is 158 g/mol. The molecule has 0 aromatic carbocycles. The van der Waals surface area contributed by atoms with Gasteiger partial charge in [-0.1, -0.05) is 20.8 Å². The van der Waals surface area contributed by atoms with Crippen LogP contribution in [-0.4, -0.2) is 18.4 Å². The first-order valence-corrected chi connectivity index (χ1v) is 3.53. The Morgan fingerprint density at radius 1 is 1.45 bits per heavy atom. The van der Waals surface area contributed by atoms with E-state index in [0.29, 0.717) is 0 Å². The van der Waals surface area contributed by atoms with Crippen molar-refractivity contribution in [3.63, 3.8) is 0 Å². The average Bonchev–Trinajstić information content (AvgIpc) is 1.85. The minimum absolute atomic E-state index is 0.112. The van der Waals surface area contributed by atoms with Gasteiger partial charge in [0.05, 0.1) is 0 Å². The molecule has 0 N–H and O–H groups in total. The maximum absolute atomic E-state index is 10.5. The predicted molar refractivity (Wildman–Crippen MR) is 41.1 cm³/mol. The first-order valence-electron chi connectivity index (χ1n) is 3.53. The van der Waals surface area contributed by atoms with Gasteiger partial charge < -0.3 is 4.74 Å². The van der Waals surface area contributed by atoms with Gasteiger partial charge >= 0.3 is 5.97 Å². The Hall–Kier alpha value is -0.860. The molecule has 0 bridgehead atoms. The van der Waals surface area contributed by atoms with E-state index in [4.69, 9.17) is 4.74 Å². The zero-order chi connectivity index (χ0) is 9.07. The summed E-state index contributed by atoms with van der Waals surface area (Å²) in [4.78, 5) is 20.4. The van der Waals surface area contributed by atoms with Crippen LogP contribution in [0.1, 0.15) is 27.7 Å². The fraction of sp³-hybridized carbons (Fsp3) is 0.750. The van der Waals surface area contributed by atoms with Gasteiger partial charge in [0, 0.05) is 0 Å². The minimum Gasteiger partial charge on any atom is -0.457 e. The Bertz CT molecular complexity index is 155. The van der Waals surface area contributed by atoms with Crippen LogP contribution in [0.3, 0.4) is 0 Å². The summed E-state index contributed by atoms with van der Waals surface area (Å²) in [6.07, 6.45) is -0.0531. The van der Waals surface area contributed by atoms with Gasteiger partial charge in [-0.2, -0.15) is 0 Å². The Kier molecular flexibility index (Phi) is 3.23. The van der Waals surface area contributed by atoms with Crippen molar-refractivity contribution >= 4 is 12.3 Å². The molecule has 0 aliphatic carbocycles. The summed E-state index contributed by atoms with van der Waals surface area (Å²) in [6.45, 7) is 7.59. The maximum atomic E-state index is 10.5. The topological polar surface area (TPSA) is 43.4 Å². The van der Waals surface area contributed by atoms with Gasteiger partial charge in [-0.25, -0.2) is 4.79 Å². The second-order valence-electron chi connectivity index (χ2n) is 3.56. The summed E-state index contributed by atoms with van der Waals surface area (Å²) < 4.78 is 4.76. The monoisotopic (exact) mass is 158 g/mol. The van der Waals surface area contributed by atoms with Crippen LogP contribution in [0.5, 0.6) is 0 Å². The van der Waals surface area contributed by atoms with Crippen LogP contribution in [-0.2, 0) is 14.3 Å². The van der Waals surface area contributed by atoms with Crippen molar-refractivity contribution in [3.8, 4) is 0 Å². The molecule has 0 aliphatic rings. The lowest BCUT2D eigenvalue weighted by atomic mass is 9.90. The number of carbonyl (C=O) groups excluding carboxylic acids is 2. The second-order valence-corrected chi connectivity index (χ2v) is 3.56. The highest BCUT2D eigenvalue weighted by Crippen LogP contribution is 2.21. The molecule has 0 fully saturated rings. The number of carbonyl (C=O) groups is 2. The van der Waals surface area contributed by atoms with Gasteiger partial charge in [-0.05, 0) is 12.3 Å². The third kappa shape index (κ3) is 3.75. The zero-order valence-electron chi connectivity index (χ0n) is 7.38. The number of esters is 1. The van der Waals surface area contributed by atoms with E-state index in [1.54, 1.807) is 6.92 Å². The fourth-order valence-electron chi connectivity index (χ4n) is 0.379. The molecule has 0 aromatic rings. The van der Waals surface area contributed by atoms with Crippen molar-refractivity contribution < 1.29 is 14.3 Å². The number of hydrogen-bond donors (Lipinski definition) is 0. The molecule has 1 atom stereocenters. The van der Waals surface area contributed by atoms with E-state index in [1.165, 1.54) is 0 Å². The quantitative estimate of drug-likeness (QED) is 0.344. The van der Waals surface area contributed by atoms with Gasteiger partial charge in [0.25, 0.3) is 0 Å². The van der Waals surface area contributed by atoms with Gasteiger partial charge in [0.15, 0.2) is 0 Å². The summed E-state index contributed by atoms with van der Waals surface area (Å²) >= 11 is 0. The molecule has 0 saturated heterocycles. The Morgan fingerprint density at radius 3 is 2.18 bits per heavy atom. The standard InChI is InChI=1S/C8H14O3/c1-6(8(2,3)4)11-7(10)5-9/h5-6H,1-4H3. The van der Waals surface area contributed by atoms with Gasteiger partial charge in [0.1, 0.15) is 6.10 Å².